The van der Waals surface area contributed by atoms with E-state index in [4.69, 9.17) is 4.74 Å². The van der Waals surface area contributed by atoms with E-state index in [2.05, 4.69) is 15.3 Å². The van der Waals surface area contributed by atoms with Crippen molar-refractivity contribution in [1.29, 1.82) is 0 Å². The van der Waals surface area contributed by atoms with Crippen molar-refractivity contribution < 1.29 is 14.4 Å². The Morgan fingerprint density at radius 1 is 1.29 bits per heavy atom. The molecule has 0 radical (unpaired) electrons. The van der Waals surface area contributed by atoms with Crippen molar-refractivity contribution in [3.63, 3.8) is 0 Å². The summed E-state index contributed by atoms with van der Waals surface area (Å²) in [4.78, 5) is 8.34. The molecule has 6 nitrogen and oxygen atoms in total. The lowest BCUT2D eigenvalue weighted by molar-refractivity contribution is 0.374. The van der Waals surface area contributed by atoms with E-state index in [1.807, 2.05) is 13.8 Å². The van der Waals surface area contributed by atoms with Gasteiger partial charge < -0.3 is 19.7 Å². The number of methoxy groups -OCH3 is 1. The van der Waals surface area contributed by atoms with Crippen LogP contribution in [0.1, 0.15) is 13.8 Å². The quantitative estimate of drug-likeness (QED) is 0.798. The number of benzene rings is 1. The molecule has 0 saturated carbocycles. The van der Waals surface area contributed by atoms with Crippen LogP contribution in [0.3, 0.4) is 0 Å². The SMILES string of the molecule is CCP(=O)(CC)CNc1ncnc2cc(OC)c(O)cc12. The zero-order valence-electron chi connectivity index (χ0n) is 12.5. The van der Waals surface area contributed by atoms with Crippen LogP contribution in [0, 0.1) is 0 Å². The maximum atomic E-state index is 12.5. The molecular weight excluding hydrogens is 289 g/mol. The van der Waals surface area contributed by atoms with Crippen LogP contribution in [0.25, 0.3) is 10.9 Å². The molecule has 1 aromatic heterocycles. The normalized spacial score (nSPS) is 11.6. The lowest BCUT2D eigenvalue weighted by atomic mass is 10.2. The van der Waals surface area contributed by atoms with Crippen LogP contribution >= 0.6 is 7.14 Å². The number of fused-ring (bicyclic) bond motifs is 1. The van der Waals surface area contributed by atoms with E-state index in [-0.39, 0.29) is 5.75 Å². The number of hydrogen-bond acceptors (Lipinski definition) is 6. The maximum absolute atomic E-state index is 12.5. The zero-order chi connectivity index (χ0) is 15.5. The van der Waals surface area contributed by atoms with Gasteiger partial charge in [-0.1, -0.05) is 13.8 Å². The average molecular weight is 309 g/mol. The van der Waals surface area contributed by atoms with Gasteiger partial charge >= 0.3 is 0 Å². The number of ether oxygens (including phenoxy) is 1. The fourth-order valence-electron chi connectivity index (χ4n) is 2.04. The third kappa shape index (κ3) is 3.27. The third-order valence-corrected chi connectivity index (χ3v) is 6.66. The van der Waals surface area contributed by atoms with Crippen molar-refractivity contribution in [1.82, 2.24) is 9.97 Å². The standard InChI is InChI=1S/C14H20N3O3P/c1-4-21(19,5-2)9-17-14-10-6-12(18)13(20-3)7-11(10)15-8-16-14/h6-8,18H,4-5,9H2,1-3H3,(H,15,16,17). The van der Waals surface area contributed by atoms with Crippen molar-refractivity contribution in [2.45, 2.75) is 13.8 Å². The molecule has 0 atom stereocenters. The van der Waals surface area contributed by atoms with Crippen LogP contribution in [0.2, 0.25) is 0 Å². The Kier molecular flexibility index (Phi) is 4.68. The highest BCUT2D eigenvalue weighted by Crippen LogP contribution is 2.44. The van der Waals surface area contributed by atoms with Gasteiger partial charge in [0.1, 0.15) is 19.3 Å². The number of nitrogens with zero attached hydrogens (tertiary/aromatic N) is 2. The molecule has 114 valence electrons. The second kappa shape index (κ2) is 6.31. The summed E-state index contributed by atoms with van der Waals surface area (Å²) in [5.74, 6) is 0.956. The molecule has 0 aliphatic heterocycles. The first-order valence-corrected chi connectivity index (χ1v) is 9.12. The van der Waals surface area contributed by atoms with Crippen LogP contribution < -0.4 is 10.1 Å². The summed E-state index contributed by atoms with van der Waals surface area (Å²) in [5, 5.41) is 13.7. The monoisotopic (exact) mass is 309 g/mol. The molecule has 0 amide bonds. The molecule has 0 fully saturated rings. The van der Waals surface area contributed by atoms with Crippen LogP contribution in [-0.4, -0.2) is 40.8 Å². The van der Waals surface area contributed by atoms with Crippen molar-refractivity contribution in [2.75, 3.05) is 31.0 Å². The number of hydrogen-bond donors (Lipinski definition) is 2. The van der Waals surface area contributed by atoms with Gasteiger partial charge in [-0.15, -0.1) is 0 Å². The number of phenols is 1. The first-order valence-electron chi connectivity index (χ1n) is 6.85. The third-order valence-electron chi connectivity index (χ3n) is 3.62. The Bertz CT molecular complexity index is 682. The van der Waals surface area contributed by atoms with Crippen molar-refractivity contribution >= 4 is 23.9 Å². The number of aromatic hydroxyl groups is 1. The van der Waals surface area contributed by atoms with Gasteiger partial charge in [0, 0.05) is 11.5 Å². The molecule has 1 aromatic carbocycles. The largest absolute Gasteiger partial charge is 0.504 e. The first-order chi connectivity index (χ1) is 10.0. The van der Waals surface area contributed by atoms with Crippen LogP contribution in [0.5, 0.6) is 11.5 Å². The fraction of sp³-hybridized carbons (Fsp3) is 0.429. The average Bonchev–Trinajstić information content (AvgIpc) is 2.52. The van der Waals surface area contributed by atoms with Crippen LogP contribution in [0.4, 0.5) is 5.82 Å². The molecule has 0 unspecified atom stereocenters. The predicted octanol–water partition coefficient (Wildman–Crippen LogP) is 3.12. The van der Waals surface area contributed by atoms with Crippen LogP contribution in [0.15, 0.2) is 18.5 Å². The minimum Gasteiger partial charge on any atom is -0.504 e. The van der Waals surface area contributed by atoms with E-state index in [0.717, 1.165) is 0 Å². The number of aromatic nitrogens is 2. The highest BCUT2D eigenvalue weighted by atomic mass is 31.2. The molecule has 0 saturated heterocycles. The molecule has 0 aliphatic carbocycles. The molecule has 1 heterocycles. The van der Waals surface area contributed by atoms with E-state index in [1.165, 1.54) is 13.4 Å². The van der Waals surface area contributed by atoms with E-state index < -0.39 is 7.14 Å². The number of rotatable bonds is 6. The van der Waals surface area contributed by atoms with Gasteiger partial charge in [-0.2, -0.15) is 0 Å². The fourth-order valence-corrected chi connectivity index (χ4v) is 3.38. The molecule has 0 aliphatic rings. The number of nitrogens with one attached hydrogen (secondary N) is 1. The van der Waals surface area contributed by atoms with E-state index >= 15 is 0 Å². The van der Waals surface area contributed by atoms with E-state index in [9.17, 15) is 9.67 Å². The van der Waals surface area contributed by atoms with Gasteiger partial charge in [-0.3, -0.25) is 0 Å². The summed E-state index contributed by atoms with van der Waals surface area (Å²) in [6.45, 7) is 3.86. The minimum absolute atomic E-state index is 0.0250. The summed E-state index contributed by atoms with van der Waals surface area (Å²) in [5.41, 5.74) is 0.657. The summed E-state index contributed by atoms with van der Waals surface area (Å²) in [7, 11) is -0.724. The van der Waals surface area contributed by atoms with Gasteiger partial charge in [0.25, 0.3) is 0 Å². The van der Waals surface area contributed by atoms with Crippen molar-refractivity contribution in [3.05, 3.63) is 18.5 Å². The lowest BCUT2D eigenvalue weighted by Gasteiger charge is -2.16. The molecule has 2 N–H and O–H groups in total. The zero-order valence-corrected chi connectivity index (χ0v) is 13.4. The maximum Gasteiger partial charge on any atom is 0.162 e. The van der Waals surface area contributed by atoms with E-state index in [1.54, 1.807) is 12.1 Å². The Morgan fingerprint density at radius 2 is 2.00 bits per heavy atom. The second-order valence-electron chi connectivity index (χ2n) is 4.79. The molecule has 2 aromatic rings. The molecule has 2 rings (SSSR count). The molecule has 7 heteroatoms. The summed E-state index contributed by atoms with van der Waals surface area (Å²) in [6, 6.07) is 3.20. The van der Waals surface area contributed by atoms with Gasteiger partial charge in [-0.25, -0.2) is 9.97 Å². The Hall–Kier alpha value is -1.81. The van der Waals surface area contributed by atoms with Crippen LogP contribution in [-0.2, 0) is 4.57 Å². The predicted molar refractivity (Wildman–Crippen MR) is 84.9 cm³/mol. The van der Waals surface area contributed by atoms with Crippen molar-refractivity contribution in [2.24, 2.45) is 0 Å². The highest BCUT2D eigenvalue weighted by molar-refractivity contribution is 7.63. The first kappa shape index (κ1) is 15.6. The molecular formula is C14H20N3O3P. The Labute approximate surface area is 123 Å². The van der Waals surface area contributed by atoms with Gasteiger partial charge in [0.15, 0.2) is 11.5 Å². The highest BCUT2D eigenvalue weighted by Gasteiger charge is 2.17. The topological polar surface area (TPSA) is 84.3 Å². The lowest BCUT2D eigenvalue weighted by Crippen LogP contribution is -2.08. The van der Waals surface area contributed by atoms with Crippen molar-refractivity contribution in [3.8, 4) is 11.5 Å². The number of phenolic OH excluding ortho intramolecular Hbond substituents is 1. The molecule has 0 bridgehead atoms. The smallest absolute Gasteiger partial charge is 0.162 e. The van der Waals surface area contributed by atoms with Gasteiger partial charge in [-0.05, 0) is 18.4 Å². The molecule has 21 heavy (non-hydrogen) atoms. The minimum atomic E-state index is -2.21. The summed E-state index contributed by atoms with van der Waals surface area (Å²) < 4.78 is 17.5. The molecule has 0 spiro atoms. The van der Waals surface area contributed by atoms with E-state index in [0.29, 0.717) is 41.1 Å². The van der Waals surface area contributed by atoms with Gasteiger partial charge in [0.2, 0.25) is 0 Å². The van der Waals surface area contributed by atoms with Gasteiger partial charge in [0.05, 0.1) is 18.9 Å². The summed E-state index contributed by atoms with van der Waals surface area (Å²) in [6.07, 6.45) is 3.13. The second-order valence-corrected chi connectivity index (χ2v) is 8.49. The Balaban J connectivity index is 2.37. The summed E-state index contributed by atoms with van der Waals surface area (Å²) >= 11 is 0. The number of anilines is 1. The Morgan fingerprint density at radius 3 is 2.62 bits per heavy atom.